The van der Waals surface area contributed by atoms with Gasteiger partial charge in [0, 0.05) is 10.8 Å². The van der Waals surface area contributed by atoms with Crippen LogP contribution in [0.3, 0.4) is 0 Å². The van der Waals surface area contributed by atoms with Gasteiger partial charge in [0.2, 0.25) is 0 Å². The summed E-state index contributed by atoms with van der Waals surface area (Å²) in [5.74, 6) is 2.04. The van der Waals surface area contributed by atoms with Gasteiger partial charge in [0.25, 0.3) is 0 Å². The fraction of sp³-hybridized carbons (Fsp3) is 0.500. The predicted octanol–water partition coefficient (Wildman–Crippen LogP) is 6.12. The van der Waals surface area contributed by atoms with Gasteiger partial charge in [-0.3, -0.25) is 9.59 Å². The minimum absolute atomic E-state index is 0.0103. The molecule has 5 atom stereocenters. The van der Waals surface area contributed by atoms with E-state index in [0.29, 0.717) is 23.5 Å². The Bertz CT molecular complexity index is 992. The number of carbonyl (C=O) groups is 2. The van der Waals surface area contributed by atoms with Gasteiger partial charge in [-0.2, -0.15) is 0 Å². The average Bonchev–Trinajstić information content (AvgIpc) is 3.00. The lowest BCUT2D eigenvalue weighted by Crippen LogP contribution is -2.49. The number of Topliss-reactive ketones (excluding diaryl/α,β-unsaturated/α-hetero) is 1. The van der Waals surface area contributed by atoms with Crippen LogP contribution < -0.4 is 0 Å². The number of rotatable bonds is 2. The second kappa shape index (κ2) is 6.90. The van der Waals surface area contributed by atoms with Crippen LogP contribution >= 0.6 is 0 Å². The van der Waals surface area contributed by atoms with Gasteiger partial charge in [-0.05, 0) is 91.2 Å². The van der Waals surface area contributed by atoms with E-state index in [1.54, 1.807) is 6.08 Å². The van der Waals surface area contributed by atoms with Gasteiger partial charge in [-0.1, -0.05) is 56.7 Å². The van der Waals surface area contributed by atoms with Crippen LogP contribution in [-0.4, -0.2) is 11.6 Å². The molecule has 1 aromatic carbocycles. The molecule has 2 heteroatoms. The number of carbonyl (C=O) groups excluding carboxylic acids is 2. The van der Waals surface area contributed by atoms with Crippen molar-refractivity contribution in [2.45, 2.75) is 59.3 Å². The lowest BCUT2D eigenvalue weighted by atomic mass is 9.48. The summed E-state index contributed by atoms with van der Waals surface area (Å²) in [5, 5.41) is 0. The Morgan fingerprint density at radius 3 is 2.57 bits per heavy atom. The van der Waals surface area contributed by atoms with Crippen molar-refractivity contribution in [3.63, 3.8) is 0 Å². The summed E-state index contributed by atoms with van der Waals surface area (Å²) < 4.78 is 0. The molecule has 0 bridgehead atoms. The molecule has 0 spiro atoms. The number of benzene rings is 1. The number of hydrogen-bond donors (Lipinski definition) is 0. The molecule has 2 nitrogen and oxygen atoms in total. The van der Waals surface area contributed by atoms with Crippen LogP contribution in [-0.2, 0) is 16.0 Å². The minimum atomic E-state index is -0.220. The summed E-state index contributed by atoms with van der Waals surface area (Å²) in [5.41, 5.74) is 4.58. The summed E-state index contributed by atoms with van der Waals surface area (Å²) >= 11 is 0. The molecular weight excluding hydrogens is 368 g/mol. The Hall–Kier alpha value is -2.22. The second-order valence-electron chi connectivity index (χ2n) is 10.4. The summed E-state index contributed by atoms with van der Waals surface area (Å²) in [7, 11) is 0. The van der Waals surface area contributed by atoms with E-state index in [1.807, 2.05) is 6.08 Å². The highest BCUT2D eigenvalue weighted by Gasteiger charge is 2.59. The largest absolute Gasteiger partial charge is 0.294 e. The number of allylic oxidation sites excluding steroid dienone is 5. The Morgan fingerprint density at radius 1 is 1.07 bits per heavy atom. The Balaban J connectivity index is 1.46. The summed E-state index contributed by atoms with van der Waals surface area (Å²) in [6.45, 7) is 6.72. The summed E-state index contributed by atoms with van der Waals surface area (Å²) in [6, 6.07) is 8.63. The van der Waals surface area contributed by atoms with Crippen molar-refractivity contribution in [2.24, 2.45) is 28.6 Å². The van der Waals surface area contributed by atoms with Crippen molar-refractivity contribution in [3.8, 4) is 0 Å². The van der Waals surface area contributed by atoms with Crippen LogP contribution in [0.1, 0.15) is 64.0 Å². The highest BCUT2D eigenvalue weighted by molar-refractivity contribution is 6.06. The van der Waals surface area contributed by atoms with Crippen LogP contribution in [0.15, 0.2) is 53.6 Å². The molecule has 4 aliphatic carbocycles. The quantitative estimate of drug-likeness (QED) is 0.561. The fourth-order valence-corrected chi connectivity index (χ4v) is 7.05. The highest BCUT2D eigenvalue weighted by atomic mass is 16.1. The first-order valence-electron chi connectivity index (χ1n) is 11.6. The molecule has 0 unspecified atom stereocenters. The molecule has 0 amide bonds. The van der Waals surface area contributed by atoms with Gasteiger partial charge < -0.3 is 0 Å². The first-order valence-corrected chi connectivity index (χ1v) is 11.6. The third kappa shape index (κ3) is 2.83. The fourth-order valence-electron chi connectivity index (χ4n) is 7.05. The molecule has 5 rings (SSSR count). The normalized spacial score (nSPS) is 38.8. The lowest BCUT2D eigenvalue weighted by molar-refractivity contribution is -0.129. The SMILES string of the molecule is CCc1ccc(C=C2C[C@H]3[C@@H]4CCC5=CC(=O)C=C[C@]5(C)[C@H]4CC[C@]3(C)C2=O)cc1. The number of fused-ring (bicyclic) bond motifs is 5. The maximum absolute atomic E-state index is 13.5. The maximum Gasteiger partial charge on any atom is 0.178 e. The molecule has 3 saturated carbocycles. The zero-order valence-electron chi connectivity index (χ0n) is 18.4. The molecule has 0 heterocycles. The summed E-state index contributed by atoms with van der Waals surface area (Å²) in [4.78, 5) is 25.5. The van der Waals surface area contributed by atoms with E-state index in [4.69, 9.17) is 0 Å². The van der Waals surface area contributed by atoms with Gasteiger partial charge in [0.05, 0.1) is 0 Å². The molecule has 0 N–H and O–H groups in total. The molecule has 4 aliphatic rings. The van der Waals surface area contributed by atoms with E-state index < -0.39 is 0 Å². The van der Waals surface area contributed by atoms with E-state index in [0.717, 1.165) is 49.7 Å². The van der Waals surface area contributed by atoms with Gasteiger partial charge in [-0.25, -0.2) is 0 Å². The topological polar surface area (TPSA) is 34.1 Å². The molecule has 30 heavy (non-hydrogen) atoms. The Labute approximate surface area is 180 Å². The standard InChI is InChI=1S/C28H32O2/c1-4-18-5-7-19(8-6-18)15-20-16-25-23-10-9-21-17-22(29)11-13-27(21,2)24(23)12-14-28(25,3)26(20)30/h5-8,11,13,15,17,23-25H,4,9-10,12,14,16H2,1-3H3/t23-,24+,25+,27+,28+/m1/s1. The smallest absolute Gasteiger partial charge is 0.178 e. The van der Waals surface area contributed by atoms with Crippen LogP contribution in [0.4, 0.5) is 0 Å². The van der Waals surface area contributed by atoms with Crippen molar-refractivity contribution < 1.29 is 9.59 Å². The Kier molecular flexibility index (Phi) is 4.54. The van der Waals surface area contributed by atoms with Crippen molar-refractivity contribution in [1.82, 2.24) is 0 Å². The van der Waals surface area contributed by atoms with Crippen LogP contribution in [0.2, 0.25) is 0 Å². The average molecular weight is 401 g/mol. The predicted molar refractivity (Wildman–Crippen MR) is 121 cm³/mol. The van der Waals surface area contributed by atoms with Crippen LogP contribution in [0.5, 0.6) is 0 Å². The molecule has 0 saturated heterocycles. The molecule has 0 radical (unpaired) electrons. The molecule has 0 aliphatic heterocycles. The molecule has 3 fully saturated rings. The Morgan fingerprint density at radius 2 is 1.83 bits per heavy atom. The molecular formula is C28H32O2. The molecule has 156 valence electrons. The van der Waals surface area contributed by atoms with E-state index in [-0.39, 0.29) is 16.6 Å². The van der Waals surface area contributed by atoms with Gasteiger partial charge in [0.1, 0.15) is 0 Å². The van der Waals surface area contributed by atoms with E-state index >= 15 is 0 Å². The number of aryl methyl sites for hydroxylation is 1. The van der Waals surface area contributed by atoms with Crippen molar-refractivity contribution in [3.05, 3.63) is 64.8 Å². The zero-order valence-corrected chi connectivity index (χ0v) is 18.4. The first kappa shape index (κ1) is 19.7. The van der Waals surface area contributed by atoms with Gasteiger partial charge in [-0.15, -0.1) is 0 Å². The van der Waals surface area contributed by atoms with E-state index in [1.165, 1.54) is 11.1 Å². The monoisotopic (exact) mass is 400 g/mol. The number of hydrogen-bond acceptors (Lipinski definition) is 2. The lowest BCUT2D eigenvalue weighted by Gasteiger charge is -2.55. The third-order valence-corrected chi connectivity index (χ3v) is 8.93. The van der Waals surface area contributed by atoms with Crippen molar-refractivity contribution in [2.75, 3.05) is 0 Å². The van der Waals surface area contributed by atoms with Crippen molar-refractivity contribution in [1.29, 1.82) is 0 Å². The van der Waals surface area contributed by atoms with E-state index in [2.05, 4.69) is 57.2 Å². The maximum atomic E-state index is 13.5. The van der Waals surface area contributed by atoms with Crippen LogP contribution in [0.25, 0.3) is 6.08 Å². The third-order valence-electron chi connectivity index (χ3n) is 8.93. The van der Waals surface area contributed by atoms with Gasteiger partial charge in [0.15, 0.2) is 11.6 Å². The van der Waals surface area contributed by atoms with Crippen molar-refractivity contribution >= 4 is 17.6 Å². The molecule has 0 aromatic heterocycles. The zero-order chi connectivity index (χ0) is 21.1. The number of ketones is 2. The molecule has 1 aromatic rings. The van der Waals surface area contributed by atoms with E-state index in [9.17, 15) is 9.59 Å². The van der Waals surface area contributed by atoms with Crippen LogP contribution in [0, 0.1) is 28.6 Å². The highest BCUT2D eigenvalue weighted by Crippen LogP contribution is 2.64. The second-order valence-corrected chi connectivity index (χ2v) is 10.4. The summed E-state index contributed by atoms with van der Waals surface area (Å²) in [6.07, 6.45) is 14.1. The minimum Gasteiger partial charge on any atom is -0.294 e. The van der Waals surface area contributed by atoms with Gasteiger partial charge >= 0.3 is 0 Å². The first-order chi connectivity index (χ1) is 14.3.